The SMILES string of the molecule is Cc1ccc([C@H]2C[C@@H](C(F)F)n3ncc(C(=O)Nc4ccc(Cl)cc4[C@H](O)c4ccccc4)c3N2)cc1. The van der Waals surface area contributed by atoms with Crippen LogP contribution >= 0.6 is 11.6 Å². The third-order valence-electron chi connectivity index (χ3n) is 6.58. The monoisotopic (exact) mass is 522 g/mol. The number of benzene rings is 3. The van der Waals surface area contributed by atoms with Crippen molar-refractivity contribution in [2.75, 3.05) is 10.6 Å². The number of anilines is 2. The van der Waals surface area contributed by atoms with Gasteiger partial charge in [0.15, 0.2) is 0 Å². The summed E-state index contributed by atoms with van der Waals surface area (Å²) in [7, 11) is 0. The van der Waals surface area contributed by atoms with E-state index in [2.05, 4.69) is 15.7 Å². The van der Waals surface area contributed by atoms with Crippen molar-refractivity contribution in [2.45, 2.75) is 38.0 Å². The predicted octanol–water partition coefficient (Wildman–Crippen LogP) is 6.54. The number of rotatable bonds is 6. The van der Waals surface area contributed by atoms with Crippen molar-refractivity contribution in [3.63, 3.8) is 0 Å². The van der Waals surface area contributed by atoms with Crippen LogP contribution in [0.3, 0.4) is 0 Å². The van der Waals surface area contributed by atoms with Crippen LogP contribution in [-0.2, 0) is 0 Å². The number of nitrogens with one attached hydrogen (secondary N) is 2. The van der Waals surface area contributed by atoms with Crippen molar-refractivity contribution >= 4 is 29.0 Å². The zero-order valence-corrected chi connectivity index (χ0v) is 20.7. The van der Waals surface area contributed by atoms with Gasteiger partial charge in [-0.1, -0.05) is 71.8 Å². The molecule has 0 spiro atoms. The molecule has 0 radical (unpaired) electrons. The Labute approximate surface area is 217 Å². The van der Waals surface area contributed by atoms with Crippen LogP contribution in [0.15, 0.2) is 79.0 Å². The Bertz CT molecular complexity index is 1410. The van der Waals surface area contributed by atoms with Crippen LogP contribution in [0.25, 0.3) is 0 Å². The molecular formula is C28H25ClF2N4O2. The van der Waals surface area contributed by atoms with Gasteiger partial charge >= 0.3 is 0 Å². The van der Waals surface area contributed by atoms with E-state index in [0.717, 1.165) is 11.1 Å². The summed E-state index contributed by atoms with van der Waals surface area (Å²) in [6.07, 6.45) is -2.29. The molecule has 3 N–H and O–H groups in total. The van der Waals surface area contributed by atoms with Gasteiger partial charge in [-0.25, -0.2) is 13.5 Å². The molecule has 0 unspecified atom stereocenters. The maximum absolute atomic E-state index is 14.0. The standard InChI is InChI=1S/C28H25ClF2N4O2/c1-16-7-9-17(10-8-16)23-14-24(26(30)31)35-27(33-23)21(15-32-35)28(37)34-22-12-11-19(29)13-20(22)25(36)18-5-3-2-4-6-18/h2-13,15,23-26,33,36H,14H2,1H3,(H,34,37)/t23-,24+,25-/m1/s1. The Balaban J connectivity index is 1.46. The number of halogens is 3. The normalized spacial score (nSPS) is 17.7. The summed E-state index contributed by atoms with van der Waals surface area (Å²) in [6, 6.07) is 19.8. The minimum Gasteiger partial charge on any atom is -0.384 e. The van der Waals surface area contributed by atoms with Gasteiger partial charge in [0.1, 0.15) is 23.5 Å². The Kier molecular flexibility index (Phi) is 6.95. The molecule has 0 bridgehead atoms. The summed E-state index contributed by atoms with van der Waals surface area (Å²) in [5, 5.41) is 21.6. The number of aliphatic hydroxyl groups excluding tert-OH is 1. The third kappa shape index (κ3) is 5.08. The number of aryl methyl sites for hydroxylation is 1. The fraction of sp³-hybridized carbons (Fsp3) is 0.214. The molecule has 9 heteroatoms. The zero-order chi connectivity index (χ0) is 26.1. The van der Waals surface area contributed by atoms with Gasteiger partial charge in [-0.15, -0.1) is 0 Å². The van der Waals surface area contributed by atoms with E-state index >= 15 is 0 Å². The predicted molar refractivity (Wildman–Crippen MR) is 139 cm³/mol. The molecule has 3 aromatic carbocycles. The molecule has 5 rings (SSSR count). The van der Waals surface area contributed by atoms with Gasteiger partial charge in [0.2, 0.25) is 0 Å². The first-order chi connectivity index (χ1) is 17.8. The second-order valence-electron chi connectivity index (χ2n) is 9.10. The third-order valence-corrected chi connectivity index (χ3v) is 6.82. The minimum absolute atomic E-state index is 0.123. The van der Waals surface area contributed by atoms with E-state index in [0.29, 0.717) is 21.8 Å². The van der Waals surface area contributed by atoms with E-state index in [1.54, 1.807) is 42.5 Å². The quantitative estimate of drug-likeness (QED) is 0.268. The zero-order valence-electron chi connectivity index (χ0n) is 19.9. The highest BCUT2D eigenvalue weighted by Crippen LogP contribution is 2.40. The van der Waals surface area contributed by atoms with Crippen LogP contribution in [0, 0.1) is 6.92 Å². The molecule has 2 heterocycles. The number of aliphatic hydroxyl groups is 1. The van der Waals surface area contributed by atoms with Crippen molar-refractivity contribution in [3.05, 3.63) is 112 Å². The van der Waals surface area contributed by atoms with E-state index in [4.69, 9.17) is 11.6 Å². The second-order valence-corrected chi connectivity index (χ2v) is 9.53. The van der Waals surface area contributed by atoms with E-state index in [-0.39, 0.29) is 17.8 Å². The maximum atomic E-state index is 14.0. The van der Waals surface area contributed by atoms with E-state index in [1.807, 2.05) is 37.3 Å². The molecule has 1 aromatic heterocycles. The average molecular weight is 523 g/mol. The van der Waals surface area contributed by atoms with Gasteiger partial charge in [0.05, 0.1) is 12.2 Å². The molecular weight excluding hydrogens is 498 g/mol. The lowest BCUT2D eigenvalue weighted by Crippen LogP contribution is -2.31. The fourth-order valence-electron chi connectivity index (χ4n) is 4.59. The highest BCUT2D eigenvalue weighted by molar-refractivity contribution is 6.30. The summed E-state index contributed by atoms with van der Waals surface area (Å²) in [4.78, 5) is 13.4. The Morgan fingerprint density at radius 2 is 1.86 bits per heavy atom. The summed E-state index contributed by atoms with van der Waals surface area (Å²) in [5.74, 6) is -0.325. The topological polar surface area (TPSA) is 79.2 Å². The van der Waals surface area contributed by atoms with E-state index in [9.17, 15) is 18.7 Å². The van der Waals surface area contributed by atoms with Gasteiger partial charge in [0.25, 0.3) is 12.3 Å². The van der Waals surface area contributed by atoms with Gasteiger partial charge in [-0.3, -0.25) is 4.79 Å². The lowest BCUT2D eigenvalue weighted by Gasteiger charge is -2.32. The van der Waals surface area contributed by atoms with Crippen LogP contribution < -0.4 is 10.6 Å². The number of hydrogen-bond donors (Lipinski definition) is 3. The van der Waals surface area contributed by atoms with Gasteiger partial charge in [-0.2, -0.15) is 5.10 Å². The molecule has 0 saturated carbocycles. The maximum Gasteiger partial charge on any atom is 0.261 e. The van der Waals surface area contributed by atoms with Crippen LogP contribution in [0.1, 0.15) is 57.2 Å². The van der Waals surface area contributed by atoms with Crippen molar-refractivity contribution in [2.24, 2.45) is 0 Å². The van der Waals surface area contributed by atoms with E-state index in [1.165, 1.54) is 10.9 Å². The van der Waals surface area contributed by atoms with Crippen molar-refractivity contribution in [1.82, 2.24) is 9.78 Å². The first-order valence-corrected chi connectivity index (χ1v) is 12.2. The van der Waals surface area contributed by atoms with Crippen LogP contribution in [-0.4, -0.2) is 27.2 Å². The number of aromatic nitrogens is 2. The van der Waals surface area contributed by atoms with Gasteiger partial charge < -0.3 is 15.7 Å². The van der Waals surface area contributed by atoms with Crippen molar-refractivity contribution in [1.29, 1.82) is 0 Å². The molecule has 1 aliphatic rings. The largest absolute Gasteiger partial charge is 0.384 e. The number of alkyl halides is 2. The summed E-state index contributed by atoms with van der Waals surface area (Å²) < 4.78 is 29.2. The first-order valence-electron chi connectivity index (χ1n) is 11.8. The minimum atomic E-state index is -2.66. The molecule has 4 aromatic rings. The molecule has 3 atom stereocenters. The molecule has 0 saturated heterocycles. The second kappa shape index (κ2) is 10.3. The van der Waals surface area contributed by atoms with Crippen LogP contribution in [0.2, 0.25) is 5.02 Å². The van der Waals surface area contributed by atoms with Crippen LogP contribution in [0.4, 0.5) is 20.3 Å². The summed E-state index contributed by atoms with van der Waals surface area (Å²) in [5.41, 5.74) is 3.42. The smallest absolute Gasteiger partial charge is 0.261 e. The average Bonchev–Trinajstić information content (AvgIpc) is 3.34. The number of hydrogen-bond acceptors (Lipinski definition) is 4. The fourth-order valence-corrected chi connectivity index (χ4v) is 4.78. The first kappa shape index (κ1) is 24.9. The molecule has 37 heavy (non-hydrogen) atoms. The number of nitrogens with zero attached hydrogens (tertiary/aromatic N) is 2. The Morgan fingerprint density at radius 1 is 1.14 bits per heavy atom. The van der Waals surface area contributed by atoms with Gasteiger partial charge in [0, 0.05) is 16.3 Å². The van der Waals surface area contributed by atoms with Gasteiger partial charge in [-0.05, 0) is 42.7 Å². The Hall–Kier alpha value is -3.75. The molecule has 1 aliphatic heterocycles. The molecule has 190 valence electrons. The number of carbonyl (C=O) groups excluding carboxylic acids is 1. The summed E-state index contributed by atoms with van der Waals surface area (Å²) in [6.45, 7) is 1.96. The number of fused-ring (bicyclic) bond motifs is 1. The molecule has 1 amide bonds. The number of carbonyl (C=O) groups is 1. The van der Waals surface area contributed by atoms with Crippen molar-refractivity contribution in [3.8, 4) is 0 Å². The molecule has 6 nitrogen and oxygen atoms in total. The lowest BCUT2D eigenvalue weighted by molar-refractivity contribution is 0.0657. The molecule has 0 fully saturated rings. The number of amides is 1. The van der Waals surface area contributed by atoms with E-state index < -0.39 is 30.5 Å². The summed E-state index contributed by atoms with van der Waals surface area (Å²) >= 11 is 6.19. The molecule has 0 aliphatic carbocycles. The highest BCUT2D eigenvalue weighted by atomic mass is 35.5. The highest BCUT2D eigenvalue weighted by Gasteiger charge is 2.36. The van der Waals surface area contributed by atoms with Crippen molar-refractivity contribution < 1.29 is 18.7 Å². The Morgan fingerprint density at radius 3 is 2.57 bits per heavy atom. The lowest BCUT2D eigenvalue weighted by atomic mass is 9.96. The van der Waals surface area contributed by atoms with Crippen LogP contribution in [0.5, 0.6) is 0 Å².